The average Bonchev–Trinajstić information content (AvgIpc) is 2.52. The van der Waals surface area contributed by atoms with Crippen molar-refractivity contribution in [3.05, 3.63) is 0 Å². The van der Waals surface area contributed by atoms with E-state index in [1.54, 1.807) is 0 Å². The van der Waals surface area contributed by atoms with Gasteiger partial charge in [0.25, 0.3) is 0 Å². The zero-order valence-corrected chi connectivity index (χ0v) is 7.31. The predicted molar refractivity (Wildman–Crippen MR) is 46.8 cm³/mol. The lowest BCUT2D eigenvalue weighted by atomic mass is 10.2. The van der Waals surface area contributed by atoms with Crippen LogP contribution in [-0.4, -0.2) is 47.0 Å². The Labute approximate surface area is 71.2 Å². The molecule has 1 rings (SSSR count). The lowest BCUT2D eigenvalue weighted by molar-refractivity contribution is 0.0926. The van der Waals surface area contributed by atoms with Crippen LogP contribution in [0.1, 0.15) is 6.42 Å². The molecule has 1 aliphatic rings. The zero-order chi connectivity index (χ0) is 8.10. The van der Waals surface area contributed by atoms with E-state index in [1.165, 1.54) is 12.2 Å². The van der Waals surface area contributed by atoms with Gasteiger partial charge >= 0.3 is 0 Å². The maximum atomic E-state index is 9.00. The molecular weight excluding hydrogens is 162 g/mol. The molecule has 0 aromatic carbocycles. The van der Waals surface area contributed by atoms with E-state index in [4.69, 9.17) is 10.2 Å². The first-order valence-electron chi connectivity index (χ1n) is 3.93. The summed E-state index contributed by atoms with van der Waals surface area (Å²) in [7, 11) is 0. The van der Waals surface area contributed by atoms with Gasteiger partial charge in [0.05, 0.1) is 12.7 Å². The first-order chi connectivity index (χ1) is 5.33. The minimum Gasteiger partial charge on any atom is -0.394 e. The van der Waals surface area contributed by atoms with Gasteiger partial charge in [0, 0.05) is 18.3 Å². The third-order valence-corrected chi connectivity index (χ3v) is 2.95. The molecule has 1 saturated heterocycles. The molecule has 0 aromatic rings. The van der Waals surface area contributed by atoms with Crippen LogP contribution in [0.15, 0.2) is 0 Å². The van der Waals surface area contributed by atoms with Gasteiger partial charge in [-0.3, -0.25) is 0 Å². The third-order valence-electron chi connectivity index (χ3n) is 1.78. The van der Waals surface area contributed by atoms with Crippen LogP contribution in [0.5, 0.6) is 0 Å². The predicted octanol–water partition coefficient (Wildman–Crippen LogP) is -0.565. The number of thioether (sulfide) groups is 1. The summed E-state index contributed by atoms with van der Waals surface area (Å²) >= 11 is 1.93. The van der Waals surface area contributed by atoms with E-state index in [2.05, 4.69) is 5.32 Å². The summed E-state index contributed by atoms with van der Waals surface area (Å²) in [6.07, 6.45) is 0.587. The fourth-order valence-corrected chi connectivity index (χ4v) is 2.25. The summed E-state index contributed by atoms with van der Waals surface area (Å²) in [4.78, 5) is 0. The Balaban J connectivity index is 2.01. The number of hydrogen-bond donors (Lipinski definition) is 3. The van der Waals surface area contributed by atoms with Crippen molar-refractivity contribution in [1.82, 2.24) is 5.32 Å². The van der Waals surface area contributed by atoms with Crippen molar-refractivity contribution in [2.75, 3.05) is 24.7 Å². The molecule has 1 fully saturated rings. The highest BCUT2D eigenvalue weighted by Crippen LogP contribution is 2.16. The van der Waals surface area contributed by atoms with Crippen LogP contribution >= 0.6 is 11.8 Å². The zero-order valence-electron chi connectivity index (χ0n) is 6.49. The number of nitrogens with one attached hydrogen (secondary N) is 1. The Morgan fingerprint density at radius 3 is 3.00 bits per heavy atom. The Morgan fingerprint density at radius 1 is 1.64 bits per heavy atom. The van der Waals surface area contributed by atoms with E-state index in [0.717, 1.165) is 5.75 Å². The first-order valence-corrected chi connectivity index (χ1v) is 5.08. The van der Waals surface area contributed by atoms with Crippen molar-refractivity contribution < 1.29 is 10.2 Å². The van der Waals surface area contributed by atoms with Crippen molar-refractivity contribution in [2.24, 2.45) is 0 Å². The molecule has 3 N–H and O–H groups in total. The smallest absolute Gasteiger partial charge is 0.0895 e. The normalized spacial score (nSPS) is 27.3. The Morgan fingerprint density at radius 2 is 2.45 bits per heavy atom. The number of rotatable bonds is 4. The fraction of sp³-hybridized carbons (Fsp3) is 1.00. The van der Waals surface area contributed by atoms with Crippen LogP contribution in [0.4, 0.5) is 0 Å². The Hall–Kier alpha value is 0.230. The molecule has 2 atom stereocenters. The number of aliphatic hydroxyl groups is 2. The topological polar surface area (TPSA) is 52.5 Å². The Bertz CT molecular complexity index is 107. The van der Waals surface area contributed by atoms with E-state index >= 15 is 0 Å². The molecule has 4 heteroatoms. The van der Waals surface area contributed by atoms with Crippen LogP contribution in [0.25, 0.3) is 0 Å². The van der Waals surface area contributed by atoms with Crippen molar-refractivity contribution >= 4 is 11.8 Å². The van der Waals surface area contributed by atoms with Gasteiger partial charge < -0.3 is 15.5 Å². The van der Waals surface area contributed by atoms with Gasteiger partial charge in [-0.05, 0) is 12.2 Å². The van der Waals surface area contributed by atoms with Crippen LogP contribution in [0.3, 0.4) is 0 Å². The monoisotopic (exact) mass is 177 g/mol. The van der Waals surface area contributed by atoms with Crippen molar-refractivity contribution in [2.45, 2.75) is 18.6 Å². The molecule has 1 aliphatic heterocycles. The highest BCUT2D eigenvalue weighted by molar-refractivity contribution is 7.99. The number of aliphatic hydroxyl groups excluding tert-OH is 2. The lowest BCUT2D eigenvalue weighted by Gasteiger charge is -2.13. The van der Waals surface area contributed by atoms with Crippen LogP contribution in [0.2, 0.25) is 0 Å². The summed E-state index contributed by atoms with van der Waals surface area (Å²) in [5.74, 6) is 2.35. The minimum absolute atomic E-state index is 0.146. The van der Waals surface area contributed by atoms with E-state index in [9.17, 15) is 0 Å². The molecule has 11 heavy (non-hydrogen) atoms. The van der Waals surface area contributed by atoms with Gasteiger partial charge in [-0.25, -0.2) is 0 Å². The fourth-order valence-electron chi connectivity index (χ4n) is 1.06. The average molecular weight is 177 g/mol. The third kappa shape index (κ3) is 3.42. The molecule has 1 heterocycles. The van der Waals surface area contributed by atoms with Crippen LogP contribution < -0.4 is 5.32 Å². The van der Waals surface area contributed by atoms with Crippen molar-refractivity contribution in [3.63, 3.8) is 0 Å². The van der Waals surface area contributed by atoms with Crippen LogP contribution in [0, 0.1) is 0 Å². The van der Waals surface area contributed by atoms with Gasteiger partial charge in [0.2, 0.25) is 0 Å². The second kappa shape index (κ2) is 4.98. The van der Waals surface area contributed by atoms with Crippen molar-refractivity contribution in [1.29, 1.82) is 0 Å². The van der Waals surface area contributed by atoms with E-state index in [1.807, 2.05) is 11.8 Å². The van der Waals surface area contributed by atoms with Gasteiger partial charge in [0.15, 0.2) is 0 Å². The summed E-state index contributed by atoms with van der Waals surface area (Å²) in [5.41, 5.74) is 0. The van der Waals surface area contributed by atoms with E-state index in [0.29, 0.717) is 12.6 Å². The molecule has 0 bridgehead atoms. The molecule has 1 unspecified atom stereocenters. The molecule has 0 spiro atoms. The molecule has 0 aromatic heterocycles. The molecular formula is C7H15NO2S. The minimum atomic E-state index is -0.597. The summed E-state index contributed by atoms with van der Waals surface area (Å²) in [6, 6.07) is 0.543. The van der Waals surface area contributed by atoms with Crippen LogP contribution in [-0.2, 0) is 0 Å². The summed E-state index contributed by atoms with van der Waals surface area (Å²) in [6.45, 7) is 0.370. The second-order valence-electron chi connectivity index (χ2n) is 2.81. The second-order valence-corrected chi connectivity index (χ2v) is 3.95. The quantitative estimate of drug-likeness (QED) is 0.538. The summed E-state index contributed by atoms with van der Waals surface area (Å²) < 4.78 is 0. The van der Waals surface area contributed by atoms with Gasteiger partial charge in [-0.15, -0.1) is 0 Å². The molecule has 0 saturated carbocycles. The first kappa shape index (κ1) is 9.32. The van der Waals surface area contributed by atoms with Gasteiger partial charge in [0.1, 0.15) is 0 Å². The maximum Gasteiger partial charge on any atom is 0.0895 e. The lowest BCUT2D eigenvalue weighted by Crippen LogP contribution is -2.36. The number of hydrogen-bond acceptors (Lipinski definition) is 4. The highest BCUT2D eigenvalue weighted by atomic mass is 32.2. The Kier molecular flexibility index (Phi) is 4.22. The van der Waals surface area contributed by atoms with E-state index < -0.39 is 6.10 Å². The maximum absolute atomic E-state index is 9.00. The molecule has 0 radical (unpaired) electrons. The standard InChI is InChI=1S/C7H15NO2S/c9-4-7(10)3-8-6-1-2-11-5-6/h6-10H,1-5H2/t6?,7-/m0/s1. The summed E-state index contributed by atoms with van der Waals surface area (Å²) in [5, 5.41) is 20.7. The van der Waals surface area contributed by atoms with Gasteiger partial charge in [-0.1, -0.05) is 0 Å². The molecule has 3 nitrogen and oxygen atoms in total. The highest BCUT2D eigenvalue weighted by Gasteiger charge is 2.15. The van der Waals surface area contributed by atoms with Gasteiger partial charge in [-0.2, -0.15) is 11.8 Å². The molecule has 0 amide bonds. The SMILES string of the molecule is OC[C@@H](O)CNC1CCSC1. The molecule has 0 aliphatic carbocycles. The largest absolute Gasteiger partial charge is 0.394 e. The van der Waals surface area contributed by atoms with E-state index in [-0.39, 0.29) is 6.61 Å². The van der Waals surface area contributed by atoms with Crippen molar-refractivity contribution in [3.8, 4) is 0 Å². The molecule has 66 valence electrons.